The summed E-state index contributed by atoms with van der Waals surface area (Å²) in [6.07, 6.45) is 0.909. The largest absolute Gasteiger partial charge is 0.325 e. The van der Waals surface area contributed by atoms with Crippen LogP contribution in [0.15, 0.2) is 48.5 Å². The van der Waals surface area contributed by atoms with Crippen molar-refractivity contribution >= 4 is 45.7 Å². The van der Waals surface area contributed by atoms with E-state index in [1.54, 1.807) is 12.1 Å². The number of rotatable bonds is 7. The molecule has 9 heteroatoms. The maximum Gasteiger partial charge on any atom is 0.257 e. The van der Waals surface area contributed by atoms with Crippen molar-refractivity contribution in [2.75, 3.05) is 30.0 Å². The minimum Gasteiger partial charge on any atom is -0.325 e. The van der Waals surface area contributed by atoms with Gasteiger partial charge in [-0.05, 0) is 49.0 Å². The van der Waals surface area contributed by atoms with Crippen molar-refractivity contribution in [3.8, 4) is 0 Å². The molecule has 0 spiro atoms. The van der Waals surface area contributed by atoms with Gasteiger partial charge < -0.3 is 10.2 Å². The summed E-state index contributed by atoms with van der Waals surface area (Å²) >= 11 is 3.01. The second-order valence-corrected chi connectivity index (χ2v) is 9.64. The lowest BCUT2D eigenvalue weighted by Gasteiger charge is -2.20. The van der Waals surface area contributed by atoms with Crippen LogP contribution in [0.1, 0.15) is 26.5 Å². The van der Waals surface area contributed by atoms with E-state index in [-0.39, 0.29) is 23.4 Å². The number of benzene rings is 2. The van der Waals surface area contributed by atoms with E-state index < -0.39 is 0 Å². The quantitative estimate of drug-likeness (QED) is 0.536. The van der Waals surface area contributed by atoms with Gasteiger partial charge in [-0.1, -0.05) is 12.1 Å². The maximum atomic E-state index is 12.9. The van der Waals surface area contributed by atoms with Crippen LogP contribution in [-0.4, -0.2) is 41.0 Å². The average Bonchev–Trinajstić information content (AvgIpc) is 3.17. The third kappa shape index (κ3) is 5.93. The zero-order chi connectivity index (χ0) is 22.5. The number of thiazole rings is 1. The lowest BCUT2D eigenvalue weighted by atomic mass is 10.1. The van der Waals surface area contributed by atoms with Gasteiger partial charge in [0.15, 0.2) is 5.13 Å². The van der Waals surface area contributed by atoms with E-state index in [0.717, 1.165) is 30.8 Å². The fourth-order valence-corrected chi connectivity index (χ4v) is 5.16. The van der Waals surface area contributed by atoms with E-state index in [9.17, 15) is 14.0 Å². The fraction of sp³-hybridized carbons (Fsp3) is 0.261. The number of fused-ring (bicyclic) bond motifs is 1. The maximum absolute atomic E-state index is 12.9. The number of hydrogen-bond acceptors (Lipinski definition) is 6. The van der Waals surface area contributed by atoms with E-state index in [4.69, 9.17) is 0 Å². The first-order chi connectivity index (χ1) is 15.5. The highest BCUT2D eigenvalue weighted by molar-refractivity contribution is 7.99. The summed E-state index contributed by atoms with van der Waals surface area (Å²) in [7, 11) is 2.08. The predicted molar refractivity (Wildman–Crippen MR) is 128 cm³/mol. The Kier molecular flexibility index (Phi) is 7.19. The van der Waals surface area contributed by atoms with E-state index in [0.29, 0.717) is 22.1 Å². The summed E-state index contributed by atoms with van der Waals surface area (Å²) < 4.78 is 12.9. The molecule has 2 N–H and O–H groups in total. The van der Waals surface area contributed by atoms with Crippen molar-refractivity contribution in [1.82, 2.24) is 9.88 Å². The molecule has 0 saturated carbocycles. The highest BCUT2D eigenvalue weighted by atomic mass is 32.2. The number of likely N-dealkylation sites (N-methyl/N-ethyl adjacent to an activating group) is 1. The third-order valence-corrected chi connectivity index (χ3v) is 6.99. The minimum absolute atomic E-state index is 0.144. The van der Waals surface area contributed by atoms with E-state index in [2.05, 4.69) is 27.6 Å². The van der Waals surface area contributed by atoms with Crippen LogP contribution >= 0.6 is 23.1 Å². The number of halogens is 1. The number of carbonyl (C=O) groups excluding carboxylic acids is 2. The Balaban J connectivity index is 1.24. The van der Waals surface area contributed by atoms with Crippen LogP contribution in [-0.2, 0) is 23.5 Å². The number of amides is 2. The number of hydrogen-bond donors (Lipinski definition) is 2. The smallest absolute Gasteiger partial charge is 0.257 e. The van der Waals surface area contributed by atoms with Crippen LogP contribution in [0.2, 0.25) is 0 Å². The van der Waals surface area contributed by atoms with E-state index in [1.165, 1.54) is 52.2 Å². The minimum atomic E-state index is -0.340. The van der Waals surface area contributed by atoms with Crippen LogP contribution in [0, 0.1) is 5.82 Å². The summed E-state index contributed by atoms with van der Waals surface area (Å²) in [4.78, 5) is 32.6. The van der Waals surface area contributed by atoms with Gasteiger partial charge in [0, 0.05) is 41.4 Å². The molecular formula is C23H23FN4O2S2. The number of nitrogens with one attached hydrogen (secondary N) is 2. The number of carbonyl (C=O) groups is 2. The third-order valence-electron chi connectivity index (χ3n) is 4.99. The van der Waals surface area contributed by atoms with Crippen molar-refractivity contribution in [1.29, 1.82) is 0 Å². The van der Waals surface area contributed by atoms with Crippen LogP contribution in [0.5, 0.6) is 0 Å². The number of anilines is 2. The summed E-state index contributed by atoms with van der Waals surface area (Å²) in [6, 6.07) is 13.0. The van der Waals surface area contributed by atoms with Crippen LogP contribution in [0.4, 0.5) is 15.2 Å². The molecule has 1 aliphatic rings. The molecule has 0 unspecified atom stereocenters. The zero-order valence-electron chi connectivity index (χ0n) is 17.6. The first kappa shape index (κ1) is 22.4. The topological polar surface area (TPSA) is 74.3 Å². The highest BCUT2D eigenvalue weighted by Gasteiger charge is 2.19. The molecule has 2 heterocycles. The van der Waals surface area contributed by atoms with E-state index in [1.807, 2.05) is 12.1 Å². The Labute approximate surface area is 194 Å². The molecular weight excluding hydrogens is 447 g/mol. The Morgan fingerprint density at radius 2 is 1.88 bits per heavy atom. The van der Waals surface area contributed by atoms with Gasteiger partial charge >= 0.3 is 0 Å². The standard InChI is InChI=1S/C23H23FN4O2S2/c1-28-11-10-19-20(12-28)32-23(26-19)27-22(30)16-4-2-15(3-5-16)13-31-14-21(29)25-18-8-6-17(24)7-9-18/h2-9H,10-14H2,1H3,(H,25,29)(H,26,27,30). The molecule has 0 bridgehead atoms. The number of nitrogens with zero attached hydrogens (tertiary/aromatic N) is 2. The molecule has 0 radical (unpaired) electrons. The van der Waals surface area contributed by atoms with Crippen LogP contribution < -0.4 is 10.6 Å². The van der Waals surface area contributed by atoms with Crippen molar-refractivity contribution in [2.24, 2.45) is 0 Å². The van der Waals surface area contributed by atoms with Gasteiger partial charge in [0.2, 0.25) is 5.91 Å². The summed E-state index contributed by atoms with van der Waals surface area (Å²) in [6.45, 7) is 1.86. The molecule has 2 amide bonds. The lowest BCUT2D eigenvalue weighted by molar-refractivity contribution is -0.113. The summed E-state index contributed by atoms with van der Waals surface area (Å²) in [5.41, 5.74) is 3.24. The van der Waals surface area contributed by atoms with Gasteiger partial charge in [0.05, 0.1) is 11.4 Å². The Morgan fingerprint density at radius 1 is 1.12 bits per heavy atom. The van der Waals surface area contributed by atoms with Crippen LogP contribution in [0.3, 0.4) is 0 Å². The van der Waals surface area contributed by atoms with Gasteiger partial charge in [-0.15, -0.1) is 23.1 Å². The second kappa shape index (κ2) is 10.2. The molecule has 0 aliphatic carbocycles. The van der Waals surface area contributed by atoms with Gasteiger partial charge in [-0.3, -0.25) is 14.9 Å². The zero-order valence-corrected chi connectivity index (χ0v) is 19.2. The Morgan fingerprint density at radius 3 is 2.62 bits per heavy atom. The van der Waals surface area contributed by atoms with Crippen molar-refractivity contribution in [3.05, 3.63) is 76.0 Å². The molecule has 0 saturated heterocycles. The molecule has 1 aromatic heterocycles. The summed E-state index contributed by atoms with van der Waals surface area (Å²) in [5, 5.41) is 6.28. The van der Waals surface area contributed by atoms with Gasteiger partial charge in [-0.25, -0.2) is 9.37 Å². The van der Waals surface area contributed by atoms with Crippen LogP contribution in [0.25, 0.3) is 0 Å². The Hall–Kier alpha value is -2.75. The molecule has 166 valence electrons. The van der Waals surface area contributed by atoms with Crippen molar-refractivity contribution in [3.63, 3.8) is 0 Å². The van der Waals surface area contributed by atoms with Crippen molar-refractivity contribution in [2.45, 2.75) is 18.7 Å². The summed E-state index contributed by atoms with van der Waals surface area (Å²) in [5.74, 6) is 0.264. The molecule has 0 atom stereocenters. The van der Waals surface area contributed by atoms with Gasteiger partial charge in [-0.2, -0.15) is 0 Å². The molecule has 2 aromatic carbocycles. The average molecular weight is 471 g/mol. The molecule has 1 aliphatic heterocycles. The SMILES string of the molecule is CN1CCc2nc(NC(=O)c3ccc(CSCC(=O)Nc4ccc(F)cc4)cc3)sc2C1. The van der Waals surface area contributed by atoms with Gasteiger partial charge in [0.1, 0.15) is 5.82 Å². The lowest BCUT2D eigenvalue weighted by Crippen LogP contribution is -2.25. The Bertz CT molecular complexity index is 1100. The fourth-order valence-electron chi connectivity index (χ4n) is 3.29. The molecule has 32 heavy (non-hydrogen) atoms. The molecule has 4 rings (SSSR count). The monoisotopic (exact) mass is 470 g/mol. The predicted octanol–water partition coefficient (Wildman–Crippen LogP) is 4.39. The number of aromatic nitrogens is 1. The van der Waals surface area contributed by atoms with Gasteiger partial charge in [0.25, 0.3) is 5.91 Å². The number of thioether (sulfide) groups is 1. The first-order valence-electron chi connectivity index (χ1n) is 10.2. The normalized spacial score (nSPS) is 13.4. The molecule has 3 aromatic rings. The van der Waals surface area contributed by atoms with Crippen molar-refractivity contribution < 1.29 is 14.0 Å². The first-order valence-corrected chi connectivity index (χ1v) is 12.1. The van der Waals surface area contributed by atoms with E-state index >= 15 is 0 Å². The molecule has 6 nitrogen and oxygen atoms in total. The molecule has 0 fully saturated rings. The highest BCUT2D eigenvalue weighted by Crippen LogP contribution is 2.28. The second-order valence-electron chi connectivity index (χ2n) is 7.58.